The maximum absolute atomic E-state index is 12.9. The van der Waals surface area contributed by atoms with E-state index >= 15 is 0 Å². The van der Waals surface area contributed by atoms with Crippen LogP contribution in [-0.4, -0.2) is 41.6 Å². The molecular weight excluding hydrogens is 766 g/mol. The molecule has 296 valence electrons. The first-order valence-corrected chi connectivity index (χ1v) is 20.9. The molecule has 5 aromatic carbocycles. The third kappa shape index (κ3) is 6.55. The van der Waals surface area contributed by atoms with Gasteiger partial charge in [-0.05, 0) is 78.5 Å². The highest BCUT2D eigenvalue weighted by Crippen LogP contribution is 2.48. The highest BCUT2D eigenvalue weighted by atomic mass is 35.5. The third-order valence-electron chi connectivity index (χ3n) is 12.4. The average Bonchev–Trinajstić information content (AvgIpc) is 3.67. The van der Waals surface area contributed by atoms with E-state index in [1.165, 1.54) is 0 Å². The number of aromatic nitrogens is 5. The van der Waals surface area contributed by atoms with Crippen molar-refractivity contribution in [2.24, 2.45) is 17.8 Å². The standard InChI is InChI=1S/C50H42ClN7O2/c51-41-31-52-48-46(53-41)40(32-57(48)50(35-16-6-1-7-17-35,36-18-8-2-9-19-36)37-20-10-3-11-21-37)47-55-42(54-45-34-28-26-33(27-29-34)44(45)49(59)60)30-43(56-47)58(38-22-12-4-13-23-38)39-24-14-5-15-25-39/h1-25,30-34,44-45H,26-29H2,(H,59,60)(H,54,55,56). The molecule has 3 fully saturated rings. The maximum Gasteiger partial charge on any atom is 0.308 e. The zero-order valence-electron chi connectivity index (χ0n) is 32.7. The number of hydrogen-bond acceptors (Lipinski definition) is 7. The first kappa shape index (κ1) is 37.4. The molecule has 2 unspecified atom stereocenters. The molecule has 0 saturated heterocycles. The quantitative estimate of drug-likeness (QED) is 0.124. The van der Waals surface area contributed by atoms with Crippen LogP contribution in [0, 0.1) is 17.8 Å². The van der Waals surface area contributed by atoms with Gasteiger partial charge in [0.2, 0.25) is 0 Å². The molecule has 3 aromatic heterocycles. The minimum atomic E-state index is -0.919. The second-order valence-electron chi connectivity index (χ2n) is 15.7. The van der Waals surface area contributed by atoms with Crippen molar-refractivity contribution in [3.05, 3.63) is 192 Å². The summed E-state index contributed by atoms with van der Waals surface area (Å²) in [7, 11) is 0. The first-order valence-electron chi connectivity index (χ1n) is 20.5. The van der Waals surface area contributed by atoms with Crippen molar-refractivity contribution in [2.75, 3.05) is 10.2 Å². The van der Waals surface area contributed by atoms with Crippen LogP contribution in [0.3, 0.4) is 0 Å². The minimum absolute atomic E-state index is 0.119. The van der Waals surface area contributed by atoms with E-state index in [0.717, 1.165) is 53.7 Å². The van der Waals surface area contributed by atoms with E-state index in [0.29, 0.717) is 34.2 Å². The number of benzene rings is 5. The summed E-state index contributed by atoms with van der Waals surface area (Å²) in [6.45, 7) is 0. The van der Waals surface area contributed by atoms with E-state index in [-0.39, 0.29) is 23.0 Å². The van der Waals surface area contributed by atoms with Gasteiger partial charge in [-0.1, -0.05) is 139 Å². The van der Waals surface area contributed by atoms with Gasteiger partial charge < -0.3 is 15.0 Å². The van der Waals surface area contributed by atoms with Crippen LogP contribution < -0.4 is 10.2 Å². The number of nitrogens with zero attached hydrogens (tertiary/aromatic N) is 6. The van der Waals surface area contributed by atoms with Crippen molar-refractivity contribution in [3.8, 4) is 11.4 Å². The van der Waals surface area contributed by atoms with Crippen LogP contribution >= 0.6 is 11.6 Å². The summed E-state index contributed by atoms with van der Waals surface area (Å²) >= 11 is 6.74. The number of anilines is 4. The van der Waals surface area contributed by atoms with Gasteiger partial charge in [0.15, 0.2) is 11.5 Å². The van der Waals surface area contributed by atoms with Gasteiger partial charge in [0.05, 0.1) is 17.7 Å². The number of hydrogen-bond donors (Lipinski definition) is 2. The number of aliphatic carboxylic acids is 1. The zero-order chi connectivity index (χ0) is 40.6. The van der Waals surface area contributed by atoms with Crippen LogP contribution in [0.2, 0.25) is 5.15 Å². The molecule has 3 aliphatic carbocycles. The van der Waals surface area contributed by atoms with Crippen molar-refractivity contribution in [2.45, 2.75) is 37.3 Å². The van der Waals surface area contributed by atoms with Gasteiger partial charge in [-0.25, -0.2) is 19.9 Å². The molecule has 2 atom stereocenters. The summed E-state index contributed by atoms with van der Waals surface area (Å²) in [5.74, 6) is 0.576. The average molecular weight is 808 g/mol. The minimum Gasteiger partial charge on any atom is -0.481 e. The molecule has 3 saturated carbocycles. The Balaban J connectivity index is 1.25. The molecule has 2 N–H and O–H groups in total. The number of carbonyl (C=O) groups is 1. The fourth-order valence-electron chi connectivity index (χ4n) is 9.84. The predicted molar refractivity (Wildman–Crippen MR) is 237 cm³/mol. The van der Waals surface area contributed by atoms with E-state index in [2.05, 4.69) is 93.8 Å². The largest absolute Gasteiger partial charge is 0.481 e. The monoisotopic (exact) mass is 807 g/mol. The Labute approximate surface area is 353 Å². The summed E-state index contributed by atoms with van der Waals surface area (Å²) in [6.07, 6.45) is 7.46. The summed E-state index contributed by atoms with van der Waals surface area (Å²) in [5.41, 5.74) is 5.69. The van der Waals surface area contributed by atoms with Gasteiger partial charge in [-0.15, -0.1) is 0 Å². The van der Waals surface area contributed by atoms with Gasteiger partial charge in [-0.2, -0.15) is 0 Å². The number of fused-ring (bicyclic) bond motifs is 4. The Bertz CT molecular complexity index is 2630. The summed E-state index contributed by atoms with van der Waals surface area (Å²) in [5, 5.41) is 14.5. The molecule has 0 aliphatic heterocycles. The summed E-state index contributed by atoms with van der Waals surface area (Å²) in [4.78, 5) is 35.6. The van der Waals surface area contributed by atoms with Crippen LogP contribution in [0.5, 0.6) is 0 Å². The predicted octanol–water partition coefficient (Wildman–Crippen LogP) is 11.2. The smallest absolute Gasteiger partial charge is 0.308 e. The Morgan fingerprint density at radius 2 is 1.18 bits per heavy atom. The van der Waals surface area contributed by atoms with E-state index in [1.807, 2.05) is 84.9 Å². The van der Waals surface area contributed by atoms with Crippen molar-refractivity contribution < 1.29 is 9.90 Å². The molecule has 0 amide bonds. The lowest BCUT2D eigenvalue weighted by molar-refractivity contribution is -0.148. The van der Waals surface area contributed by atoms with Gasteiger partial charge in [0.25, 0.3) is 0 Å². The van der Waals surface area contributed by atoms with E-state index in [1.54, 1.807) is 6.20 Å². The second-order valence-corrected chi connectivity index (χ2v) is 16.1. The molecule has 3 heterocycles. The Morgan fingerprint density at radius 1 is 0.683 bits per heavy atom. The number of carboxylic acid groups (broad SMARTS) is 1. The number of para-hydroxylation sites is 2. The molecule has 60 heavy (non-hydrogen) atoms. The molecule has 9 nitrogen and oxygen atoms in total. The van der Waals surface area contributed by atoms with Crippen LogP contribution in [0.15, 0.2) is 170 Å². The van der Waals surface area contributed by atoms with Crippen LogP contribution in [0.1, 0.15) is 42.4 Å². The van der Waals surface area contributed by atoms with E-state index in [4.69, 9.17) is 31.5 Å². The number of nitrogens with one attached hydrogen (secondary N) is 1. The van der Waals surface area contributed by atoms with Crippen molar-refractivity contribution in [3.63, 3.8) is 0 Å². The van der Waals surface area contributed by atoms with Gasteiger partial charge in [-0.3, -0.25) is 9.69 Å². The van der Waals surface area contributed by atoms with E-state index < -0.39 is 17.4 Å². The molecule has 3 aliphatic rings. The lowest BCUT2D eigenvalue weighted by atomic mass is 9.61. The molecular formula is C50H42ClN7O2. The Morgan fingerprint density at radius 3 is 1.70 bits per heavy atom. The fourth-order valence-corrected chi connectivity index (χ4v) is 9.97. The molecule has 0 spiro atoms. The van der Waals surface area contributed by atoms with Crippen LogP contribution in [-0.2, 0) is 10.3 Å². The summed E-state index contributed by atoms with van der Waals surface area (Å²) < 4.78 is 2.18. The molecule has 0 radical (unpaired) electrons. The van der Waals surface area contributed by atoms with Crippen molar-refractivity contribution >= 4 is 51.7 Å². The lowest BCUT2D eigenvalue weighted by Gasteiger charge is -2.47. The fraction of sp³-hybridized carbons (Fsp3) is 0.180. The first-order chi connectivity index (χ1) is 29.5. The summed E-state index contributed by atoms with van der Waals surface area (Å²) in [6, 6.07) is 53.1. The van der Waals surface area contributed by atoms with Crippen LogP contribution in [0.4, 0.5) is 23.0 Å². The molecule has 11 rings (SSSR count). The third-order valence-corrected chi connectivity index (χ3v) is 12.6. The van der Waals surface area contributed by atoms with Gasteiger partial charge in [0, 0.05) is 29.7 Å². The number of halogens is 1. The highest BCUT2D eigenvalue weighted by molar-refractivity contribution is 6.29. The molecule has 2 bridgehead atoms. The molecule has 8 aromatic rings. The Kier molecular flexibility index (Phi) is 9.81. The number of carboxylic acids is 1. The lowest BCUT2D eigenvalue weighted by Crippen LogP contribution is -2.51. The van der Waals surface area contributed by atoms with Crippen LogP contribution in [0.25, 0.3) is 22.6 Å². The van der Waals surface area contributed by atoms with Gasteiger partial charge in [0.1, 0.15) is 27.8 Å². The SMILES string of the molecule is O=C(O)C1C2CCC(CC2)C1Nc1cc(N(c2ccccc2)c2ccccc2)nc(-c2cn(C(c3ccccc3)(c3ccccc3)c3ccccc3)c3ncc(Cl)nc23)n1. The zero-order valence-corrected chi connectivity index (χ0v) is 33.5. The normalized spacial score (nSPS) is 18.6. The van der Waals surface area contributed by atoms with E-state index in [9.17, 15) is 9.90 Å². The van der Waals surface area contributed by atoms with Crippen molar-refractivity contribution in [1.82, 2.24) is 24.5 Å². The molecule has 10 heteroatoms. The topological polar surface area (TPSA) is 109 Å². The maximum atomic E-state index is 12.9. The Hall–Kier alpha value is -6.84. The number of rotatable bonds is 11. The second kappa shape index (κ2) is 15.7. The van der Waals surface area contributed by atoms with Gasteiger partial charge >= 0.3 is 5.97 Å². The highest BCUT2D eigenvalue weighted by Gasteiger charge is 2.47. The van der Waals surface area contributed by atoms with Crippen molar-refractivity contribution in [1.29, 1.82) is 0 Å².